The molecule has 18 heavy (non-hydrogen) atoms. The topological polar surface area (TPSA) is 66.1 Å². The average molecular weight is 242 g/mol. The van der Waals surface area contributed by atoms with Gasteiger partial charge in [0.25, 0.3) is 5.91 Å². The number of rotatable bonds is 2. The zero-order valence-electron chi connectivity index (χ0n) is 9.81. The normalized spacial score (nSPS) is 16.0. The summed E-state index contributed by atoms with van der Waals surface area (Å²) in [7, 11) is 0. The van der Waals surface area contributed by atoms with E-state index in [4.69, 9.17) is 0 Å². The molecular weight excluding hydrogens is 228 g/mol. The molecule has 1 aromatic heterocycles. The van der Waals surface area contributed by atoms with Crippen LogP contribution in [0.25, 0.3) is 10.9 Å². The van der Waals surface area contributed by atoms with Gasteiger partial charge in [-0.05, 0) is 24.3 Å². The number of benzene rings is 1. The van der Waals surface area contributed by atoms with E-state index in [0.717, 1.165) is 24.0 Å². The first-order chi connectivity index (χ1) is 8.83. The fraction of sp³-hybridized carbons (Fsp3) is 0.231. The molecule has 0 unspecified atom stereocenters. The highest BCUT2D eigenvalue weighted by atomic mass is 16.1. The molecule has 92 valence electrons. The number of hydrazine groups is 1. The molecule has 2 heterocycles. The highest BCUT2D eigenvalue weighted by Gasteiger charge is 2.17. The maximum atomic E-state index is 12.1. The third-order valence-electron chi connectivity index (χ3n) is 3.02. The highest BCUT2D eigenvalue weighted by molar-refractivity contribution is 5.98. The number of hydrogen-bond donors (Lipinski definition) is 3. The van der Waals surface area contributed by atoms with Crippen LogP contribution < -0.4 is 16.2 Å². The molecule has 1 fully saturated rings. The largest absolute Gasteiger partial charge is 0.347 e. The smallest absolute Gasteiger partial charge is 0.251 e. The van der Waals surface area contributed by atoms with Gasteiger partial charge in [-0.2, -0.15) is 0 Å². The first kappa shape index (κ1) is 11.1. The van der Waals surface area contributed by atoms with Crippen LogP contribution in [0.2, 0.25) is 0 Å². The van der Waals surface area contributed by atoms with E-state index in [2.05, 4.69) is 21.2 Å². The average Bonchev–Trinajstić information content (AvgIpc) is 2.91. The summed E-state index contributed by atoms with van der Waals surface area (Å²) in [6.07, 6.45) is 1.75. The summed E-state index contributed by atoms with van der Waals surface area (Å²) >= 11 is 0. The fourth-order valence-electron chi connectivity index (χ4n) is 2.05. The van der Waals surface area contributed by atoms with Crippen LogP contribution in [0.3, 0.4) is 0 Å². The van der Waals surface area contributed by atoms with Crippen molar-refractivity contribution >= 4 is 16.8 Å². The molecule has 1 aromatic carbocycles. The van der Waals surface area contributed by atoms with Crippen LogP contribution in [0.15, 0.2) is 36.5 Å². The summed E-state index contributed by atoms with van der Waals surface area (Å²) < 4.78 is 0. The Kier molecular flexibility index (Phi) is 2.92. The van der Waals surface area contributed by atoms with Crippen molar-refractivity contribution < 1.29 is 4.79 Å². The van der Waals surface area contributed by atoms with E-state index in [9.17, 15) is 4.79 Å². The Bertz CT molecular complexity index is 578. The lowest BCUT2D eigenvalue weighted by Gasteiger charge is -2.10. The lowest BCUT2D eigenvalue weighted by atomic mass is 10.1. The van der Waals surface area contributed by atoms with Crippen molar-refractivity contribution in [3.05, 3.63) is 42.1 Å². The number of amides is 1. The monoisotopic (exact) mass is 242 g/mol. The molecule has 1 saturated heterocycles. The Balaban J connectivity index is 1.82. The standard InChI is InChI=1S/C13H14N4O/c18-13(17-11-7-15-16-8-11)10-3-4-12-9(6-10)2-1-5-14-12/h1-6,11,15-16H,7-8H2,(H,17,18). The van der Waals surface area contributed by atoms with E-state index in [-0.39, 0.29) is 11.9 Å². The summed E-state index contributed by atoms with van der Waals surface area (Å²) in [5, 5.41) is 3.95. The number of carbonyl (C=O) groups is 1. The maximum absolute atomic E-state index is 12.1. The quantitative estimate of drug-likeness (QED) is 0.715. The summed E-state index contributed by atoms with van der Waals surface area (Å²) in [4.78, 5) is 16.3. The number of nitrogens with zero attached hydrogens (tertiary/aromatic N) is 1. The van der Waals surface area contributed by atoms with E-state index in [0.29, 0.717) is 5.56 Å². The van der Waals surface area contributed by atoms with E-state index in [1.165, 1.54) is 0 Å². The summed E-state index contributed by atoms with van der Waals surface area (Å²) in [6.45, 7) is 1.50. The van der Waals surface area contributed by atoms with Gasteiger partial charge in [0.1, 0.15) is 0 Å². The number of carbonyl (C=O) groups excluding carboxylic acids is 1. The second-order valence-corrected chi connectivity index (χ2v) is 4.34. The third kappa shape index (κ3) is 2.18. The molecule has 0 spiro atoms. The SMILES string of the molecule is O=C(NC1CNNC1)c1ccc2ncccc2c1. The van der Waals surface area contributed by atoms with Crippen molar-refractivity contribution in [3.63, 3.8) is 0 Å². The van der Waals surface area contributed by atoms with Crippen molar-refractivity contribution in [2.45, 2.75) is 6.04 Å². The van der Waals surface area contributed by atoms with E-state index >= 15 is 0 Å². The van der Waals surface area contributed by atoms with E-state index in [1.54, 1.807) is 12.3 Å². The molecule has 0 saturated carbocycles. The molecule has 3 rings (SSSR count). The molecule has 0 bridgehead atoms. The highest BCUT2D eigenvalue weighted by Crippen LogP contribution is 2.13. The summed E-state index contributed by atoms with van der Waals surface area (Å²) in [6, 6.07) is 9.51. The lowest BCUT2D eigenvalue weighted by molar-refractivity contribution is 0.0942. The second-order valence-electron chi connectivity index (χ2n) is 4.34. The summed E-state index contributed by atoms with van der Waals surface area (Å²) in [5.41, 5.74) is 7.54. The zero-order chi connectivity index (χ0) is 12.4. The molecule has 2 aromatic rings. The Morgan fingerprint density at radius 3 is 2.94 bits per heavy atom. The van der Waals surface area contributed by atoms with Gasteiger partial charge in [-0.15, -0.1) is 0 Å². The molecule has 5 heteroatoms. The van der Waals surface area contributed by atoms with E-state index in [1.807, 2.05) is 24.3 Å². The fourth-order valence-corrected chi connectivity index (χ4v) is 2.05. The number of nitrogens with one attached hydrogen (secondary N) is 3. The molecule has 0 aliphatic carbocycles. The van der Waals surface area contributed by atoms with Gasteiger partial charge >= 0.3 is 0 Å². The number of aromatic nitrogens is 1. The van der Waals surface area contributed by atoms with Crippen molar-refractivity contribution in [1.82, 2.24) is 21.2 Å². The molecule has 1 aliphatic heterocycles. The summed E-state index contributed by atoms with van der Waals surface area (Å²) in [5.74, 6) is -0.0451. The van der Waals surface area contributed by atoms with Gasteiger partial charge in [-0.25, -0.2) is 0 Å². The minimum absolute atomic E-state index is 0.0451. The Labute approximate surface area is 105 Å². The van der Waals surface area contributed by atoms with Gasteiger partial charge < -0.3 is 5.32 Å². The molecule has 1 amide bonds. The van der Waals surface area contributed by atoms with Gasteiger partial charge in [0.05, 0.1) is 11.6 Å². The van der Waals surface area contributed by atoms with Crippen LogP contribution in [0, 0.1) is 0 Å². The minimum atomic E-state index is -0.0451. The maximum Gasteiger partial charge on any atom is 0.251 e. The van der Waals surface area contributed by atoms with Crippen LogP contribution in [0.1, 0.15) is 10.4 Å². The lowest BCUT2D eigenvalue weighted by Crippen LogP contribution is -2.38. The van der Waals surface area contributed by atoms with Crippen LogP contribution in [0.5, 0.6) is 0 Å². The van der Waals surface area contributed by atoms with E-state index < -0.39 is 0 Å². The second kappa shape index (κ2) is 4.72. The van der Waals surface area contributed by atoms with Gasteiger partial charge in [-0.1, -0.05) is 6.07 Å². The first-order valence-electron chi connectivity index (χ1n) is 5.94. The minimum Gasteiger partial charge on any atom is -0.347 e. The molecule has 1 aliphatic rings. The van der Waals surface area contributed by atoms with Crippen LogP contribution in [-0.2, 0) is 0 Å². The Morgan fingerprint density at radius 2 is 2.11 bits per heavy atom. The van der Waals surface area contributed by atoms with Crippen molar-refractivity contribution in [1.29, 1.82) is 0 Å². The van der Waals surface area contributed by atoms with Gasteiger partial charge in [-0.3, -0.25) is 20.6 Å². The zero-order valence-corrected chi connectivity index (χ0v) is 9.81. The van der Waals surface area contributed by atoms with Crippen molar-refractivity contribution in [3.8, 4) is 0 Å². The van der Waals surface area contributed by atoms with Gasteiger partial charge in [0.15, 0.2) is 0 Å². The van der Waals surface area contributed by atoms with Crippen LogP contribution in [0.4, 0.5) is 0 Å². The first-order valence-corrected chi connectivity index (χ1v) is 5.94. The molecule has 0 atom stereocenters. The van der Waals surface area contributed by atoms with Crippen LogP contribution in [-0.4, -0.2) is 30.0 Å². The predicted molar refractivity (Wildman–Crippen MR) is 69.0 cm³/mol. The molecular formula is C13H14N4O. The molecule has 3 N–H and O–H groups in total. The predicted octanol–water partition coefficient (Wildman–Crippen LogP) is 0.441. The van der Waals surface area contributed by atoms with Gasteiger partial charge in [0, 0.05) is 30.2 Å². The van der Waals surface area contributed by atoms with Crippen LogP contribution >= 0.6 is 0 Å². The van der Waals surface area contributed by atoms with Crippen molar-refractivity contribution in [2.24, 2.45) is 0 Å². The number of hydrogen-bond acceptors (Lipinski definition) is 4. The van der Waals surface area contributed by atoms with Crippen molar-refractivity contribution in [2.75, 3.05) is 13.1 Å². The van der Waals surface area contributed by atoms with Gasteiger partial charge in [0.2, 0.25) is 0 Å². The third-order valence-corrected chi connectivity index (χ3v) is 3.02. The number of fused-ring (bicyclic) bond motifs is 1. The molecule has 0 radical (unpaired) electrons. The molecule has 5 nitrogen and oxygen atoms in total. The Morgan fingerprint density at radius 1 is 1.28 bits per heavy atom. The number of pyridine rings is 1. The Hall–Kier alpha value is -1.98.